The van der Waals surface area contributed by atoms with E-state index in [1.807, 2.05) is 30.7 Å². The number of piperidine rings is 1. The minimum atomic E-state index is -3.60. The van der Waals surface area contributed by atoms with Crippen LogP contribution >= 0.6 is 11.6 Å². The van der Waals surface area contributed by atoms with E-state index >= 15 is 0 Å². The van der Waals surface area contributed by atoms with E-state index in [0.717, 1.165) is 17.1 Å². The topological polar surface area (TPSA) is 84.3 Å². The molecule has 1 fully saturated rings. The number of benzene rings is 2. The molecular weight excluding hydrogens is 472 g/mol. The first-order chi connectivity index (χ1) is 16.2. The fourth-order valence-corrected chi connectivity index (χ4v) is 5.92. The number of sulfonamides is 1. The van der Waals surface area contributed by atoms with Crippen LogP contribution in [0.4, 0.5) is 5.69 Å². The third kappa shape index (κ3) is 5.04. The van der Waals surface area contributed by atoms with Gasteiger partial charge in [0.1, 0.15) is 0 Å². The molecule has 0 saturated carbocycles. The molecule has 34 heavy (non-hydrogen) atoms. The van der Waals surface area contributed by atoms with Gasteiger partial charge >= 0.3 is 0 Å². The van der Waals surface area contributed by atoms with Gasteiger partial charge in [-0.2, -0.15) is 9.40 Å². The second-order valence-corrected chi connectivity index (χ2v) is 11.1. The summed E-state index contributed by atoms with van der Waals surface area (Å²) in [6, 6.07) is 14.3. The number of halogens is 1. The van der Waals surface area contributed by atoms with E-state index < -0.39 is 10.0 Å². The fraction of sp³-hybridized carbons (Fsp3) is 0.360. The third-order valence-corrected chi connectivity index (χ3v) is 8.65. The number of nitrogens with zero attached hydrogens (tertiary/aromatic N) is 3. The summed E-state index contributed by atoms with van der Waals surface area (Å²) in [4.78, 5) is 13.2. The van der Waals surface area contributed by atoms with Gasteiger partial charge in [0.25, 0.3) is 0 Å². The molecule has 2 aromatic carbocycles. The third-order valence-electron chi connectivity index (χ3n) is 6.49. The smallest absolute Gasteiger partial charge is 0.243 e. The molecule has 1 N–H and O–H groups in total. The maximum atomic E-state index is 13.0. The van der Waals surface area contributed by atoms with Crippen molar-refractivity contribution in [3.05, 3.63) is 76.1 Å². The van der Waals surface area contributed by atoms with Crippen LogP contribution in [0.2, 0.25) is 5.02 Å². The van der Waals surface area contributed by atoms with Gasteiger partial charge < -0.3 is 5.32 Å². The zero-order valence-electron chi connectivity index (χ0n) is 19.6. The highest BCUT2D eigenvalue weighted by molar-refractivity contribution is 7.89. The minimum absolute atomic E-state index is 0.0924. The van der Waals surface area contributed by atoms with Crippen molar-refractivity contribution in [2.45, 2.75) is 45.1 Å². The molecule has 1 saturated heterocycles. The molecule has 3 aromatic rings. The van der Waals surface area contributed by atoms with Crippen molar-refractivity contribution in [2.24, 2.45) is 5.92 Å². The highest BCUT2D eigenvalue weighted by atomic mass is 35.5. The average molecular weight is 501 g/mol. The summed E-state index contributed by atoms with van der Waals surface area (Å²) in [6.07, 6.45) is 0.933. The lowest BCUT2D eigenvalue weighted by Crippen LogP contribution is -2.41. The van der Waals surface area contributed by atoms with Crippen molar-refractivity contribution in [3.63, 3.8) is 0 Å². The fourth-order valence-electron chi connectivity index (χ4n) is 4.32. The van der Waals surface area contributed by atoms with Gasteiger partial charge in [-0.05, 0) is 69.0 Å². The molecule has 1 aromatic heterocycles. The van der Waals surface area contributed by atoms with Crippen molar-refractivity contribution in [1.82, 2.24) is 14.1 Å². The van der Waals surface area contributed by atoms with E-state index in [1.165, 1.54) is 27.6 Å². The summed E-state index contributed by atoms with van der Waals surface area (Å²) in [7, 11) is -3.60. The SMILES string of the molecule is Cc1ccccc1Cn1nc(C)c(NC(=O)C2CCN(S(=O)(=O)c3ccc(Cl)cc3)CC2)c1C. The summed E-state index contributed by atoms with van der Waals surface area (Å²) < 4.78 is 29.2. The molecule has 0 spiro atoms. The van der Waals surface area contributed by atoms with Crippen LogP contribution in [-0.2, 0) is 21.4 Å². The molecule has 0 bridgehead atoms. The van der Waals surface area contributed by atoms with Gasteiger partial charge in [-0.1, -0.05) is 35.9 Å². The Hall–Kier alpha value is -2.68. The Morgan fingerprint density at radius 3 is 2.35 bits per heavy atom. The van der Waals surface area contributed by atoms with Gasteiger partial charge in [0.2, 0.25) is 15.9 Å². The summed E-state index contributed by atoms with van der Waals surface area (Å²) in [5.74, 6) is -0.347. The molecule has 9 heteroatoms. The second kappa shape index (κ2) is 9.90. The van der Waals surface area contributed by atoms with Crippen molar-refractivity contribution in [2.75, 3.05) is 18.4 Å². The normalized spacial score (nSPS) is 15.4. The van der Waals surface area contributed by atoms with E-state index in [2.05, 4.69) is 29.5 Å². The minimum Gasteiger partial charge on any atom is -0.323 e. The lowest BCUT2D eigenvalue weighted by molar-refractivity contribution is -0.120. The quantitative estimate of drug-likeness (QED) is 0.538. The van der Waals surface area contributed by atoms with E-state index in [4.69, 9.17) is 11.6 Å². The maximum Gasteiger partial charge on any atom is 0.243 e. The molecule has 0 aliphatic carbocycles. The van der Waals surface area contributed by atoms with Crippen molar-refractivity contribution >= 4 is 33.2 Å². The molecular formula is C25H29ClN4O3S. The van der Waals surface area contributed by atoms with Gasteiger partial charge in [0, 0.05) is 24.0 Å². The van der Waals surface area contributed by atoms with Crippen molar-refractivity contribution in [3.8, 4) is 0 Å². The standard InChI is InChI=1S/C25H29ClN4O3S/c1-17-6-4-5-7-21(17)16-30-19(3)24(18(2)28-30)27-25(31)20-12-14-29(15-13-20)34(32,33)23-10-8-22(26)9-11-23/h4-11,20H,12-16H2,1-3H3,(H,27,31). The van der Waals surface area contributed by atoms with E-state index in [1.54, 1.807) is 12.1 Å². The summed E-state index contributed by atoms with van der Waals surface area (Å²) in [5.41, 5.74) is 4.77. The van der Waals surface area contributed by atoms with Crippen LogP contribution in [0.1, 0.15) is 35.4 Å². The number of carbonyl (C=O) groups excluding carboxylic acids is 1. The lowest BCUT2D eigenvalue weighted by Gasteiger charge is -2.30. The molecule has 4 rings (SSSR count). The summed E-state index contributed by atoms with van der Waals surface area (Å²) in [5, 5.41) is 8.18. The van der Waals surface area contributed by atoms with Gasteiger partial charge in [-0.15, -0.1) is 0 Å². The highest BCUT2D eigenvalue weighted by Gasteiger charge is 2.32. The Morgan fingerprint density at radius 1 is 1.06 bits per heavy atom. The number of anilines is 1. The largest absolute Gasteiger partial charge is 0.323 e. The number of amides is 1. The van der Waals surface area contributed by atoms with Crippen LogP contribution in [0, 0.1) is 26.7 Å². The molecule has 2 heterocycles. The van der Waals surface area contributed by atoms with Gasteiger partial charge in [0.15, 0.2) is 0 Å². The van der Waals surface area contributed by atoms with E-state index in [9.17, 15) is 13.2 Å². The zero-order valence-corrected chi connectivity index (χ0v) is 21.2. The van der Waals surface area contributed by atoms with Crippen LogP contribution in [-0.4, -0.2) is 41.5 Å². The Morgan fingerprint density at radius 2 is 1.71 bits per heavy atom. The molecule has 0 atom stereocenters. The molecule has 180 valence electrons. The molecule has 1 aliphatic heterocycles. The number of carbonyl (C=O) groups is 1. The molecule has 0 radical (unpaired) electrons. The van der Waals surface area contributed by atoms with E-state index in [0.29, 0.717) is 37.5 Å². The van der Waals surface area contributed by atoms with Crippen molar-refractivity contribution in [1.29, 1.82) is 0 Å². The summed E-state index contributed by atoms with van der Waals surface area (Å²) in [6.45, 7) is 7.15. The monoisotopic (exact) mass is 500 g/mol. The number of hydrogen-bond donors (Lipinski definition) is 1. The Balaban J connectivity index is 1.40. The Bertz CT molecular complexity index is 1290. The molecule has 0 unspecified atom stereocenters. The first-order valence-electron chi connectivity index (χ1n) is 11.3. The highest BCUT2D eigenvalue weighted by Crippen LogP contribution is 2.27. The van der Waals surface area contributed by atoms with E-state index in [-0.39, 0.29) is 16.7 Å². The number of hydrogen-bond acceptors (Lipinski definition) is 4. The van der Waals surface area contributed by atoms with Gasteiger partial charge in [-0.3, -0.25) is 9.48 Å². The van der Waals surface area contributed by atoms with Crippen LogP contribution < -0.4 is 5.32 Å². The molecule has 1 aliphatic rings. The number of nitrogens with one attached hydrogen (secondary N) is 1. The van der Waals surface area contributed by atoms with Crippen LogP contribution in [0.25, 0.3) is 0 Å². The number of aromatic nitrogens is 2. The maximum absolute atomic E-state index is 13.0. The Labute approximate surface area is 205 Å². The van der Waals surface area contributed by atoms with Crippen molar-refractivity contribution < 1.29 is 13.2 Å². The second-order valence-electron chi connectivity index (χ2n) is 8.75. The summed E-state index contributed by atoms with van der Waals surface area (Å²) >= 11 is 5.88. The van der Waals surface area contributed by atoms with Crippen LogP contribution in [0.3, 0.4) is 0 Å². The lowest BCUT2D eigenvalue weighted by atomic mass is 9.97. The first kappa shape index (κ1) is 24.4. The van der Waals surface area contributed by atoms with Gasteiger partial charge in [-0.25, -0.2) is 8.42 Å². The number of aryl methyl sites for hydroxylation is 2. The Kier molecular flexibility index (Phi) is 7.12. The predicted molar refractivity (Wildman–Crippen MR) is 134 cm³/mol. The van der Waals surface area contributed by atoms with Gasteiger partial charge in [0.05, 0.1) is 28.5 Å². The average Bonchev–Trinajstić information content (AvgIpc) is 3.08. The molecule has 1 amide bonds. The van der Waals surface area contributed by atoms with Crippen LogP contribution in [0.15, 0.2) is 53.4 Å². The molecule has 7 nitrogen and oxygen atoms in total. The number of rotatable bonds is 6. The van der Waals surface area contributed by atoms with Crippen LogP contribution in [0.5, 0.6) is 0 Å². The zero-order chi connectivity index (χ0) is 24.5. The first-order valence-corrected chi connectivity index (χ1v) is 13.1. The predicted octanol–water partition coefficient (Wildman–Crippen LogP) is 4.55.